The molecule has 1 aliphatic carbocycles. The van der Waals surface area contributed by atoms with Crippen LogP contribution in [0, 0.1) is 39.0 Å². The summed E-state index contributed by atoms with van der Waals surface area (Å²) in [6, 6.07) is 10.5. The molecule has 45 heavy (non-hydrogen) atoms. The highest BCUT2D eigenvalue weighted by molar-refractivity contribution is 6.04. The first kappa shape index (κ1) is 32.5. The number of hydrogen-bond donors (Lipinski definition) is 1. The Labute approximate surface area is 266 Å². The van der Waals surface area contributed by atoms with Crippen LogP contribution in [0.2, 0.25) is 0 Å². The van der Waals surface area contributed by atoms with Crippen LogP contribution in [0.25, 0.3) is 10.9 Å². The summed E-state index contributed by atoms with van der Waals surface area (Å²) in [5.74, 6) is -0.161. The largest absolute Gasteiger partial charge is 0.427 e. The van der Waals surface area contributed by atoms with Gasteiger partial charge in [0.25, 0.3) is 5.91 Å². The topological polar surface area (TPSA) is 93.1 Å². The molecular weight excluding hydrogens is 568 g/mol. The Balaban J connectivity index is 1.29. The number of aryl methyl sites for hydroxylation is 3. The van der Waals surface area contributed by atoms with E-state index in [0.29, 0.717) is 38.3 Å². The predicted octanol–water partition coefficient (Wildman–Crippen LogP) is 5.74. The van der Waals surface area contributed by atoms with Gasteiger partial charge in [0, 0.05) is 55.9 Å². The zero-order valence-corrected chi connectivity index (χ0v) is 27.9. The standard InChI is InChI=1S/C36H48N4O5/c1-23-9-8-10-24(2)30(23)19-37-31-18-28(17-29-25(3)26(4)40(33(29)31)20-27-11-12-27)34(42)39-15-13-38(14-16-39)21-32(41)44-22-45-35(43)36(5,6)7/h8-10,17-18,27,37H,11-16,19-22H2,1-7H3. The predicted molar refractivity (Wildman–Crippen MR) is 176 cm³/mol. The molecule has 0 radical (unpaired) electrons. The maximum absolute atomic E-state index is 13.9. The van der Waals surface area contributed by atoms with Crippen molar-refractivity contribution in [2.75, 3.05) is 44.8 Å². The highest BCUT2D eigenvalue weighted by atomic mass is 16.7. The third-order valence-electron chi connectivity index (χ3n) is 9.25. The second kappa shape index (κ2) is 13.3. The molecule has 1 amide bonds. The molecule has 9 heteroatoms. The summed E-state index contributed by atoms with van der Waals surface area (Å²) in [6.45, 7) is 17.4. The third-order valence-corrected chi connectivity index (χ3v) is 9.25. The van der Waals surface area contributed by atoms with Gasteiger partial charge in [0.05, 0.1) is 23.2 Å². The number of benzene rings is 2. The zero-order valence-electron chi connectivity index (χ0n) is 27.9. The molecule has 5 rings (SSSR count). The van der Waals surface area contributed by atoms with E-state index in [1.165, 1.54) is 46.3 Å². The van der Waals surface area contributed by atoms with Crippen molar-refractivity contribution in [1.82, 2.24) is 14.4 Å². The van der Waals surface area contributed by atoms with E-state index >= 15 is 0 Å². The lowest BCUT2D eigenvalue weighted by atomic mass is 9.98. The highest BCUT2D eigenvalue weighted by Gasteiger charge is 2.28. The van der Waals surface area contributed by atoms with Gasteiger partial charge >= 0.3 is 11.9 Å². The van der Waals surface area contributed by atoms with Crippen molar-refractivity contribution in [3.63, 3.8) is 0 Å². The zero-order chi connectivity index (χ0) is 32.5. The SMILES string of the molecule is Cc1cccc(C)c1CNc1cc(C(=O)N2CCN(CC(=O)OCOC(=O)C(C)(C)C)CC2)cc2c(C)c(C)n(CC3CC3)c12. The maximum atomic E-state index is 13.9. The highest BCUT2D eigenvalue weighted by Crippen LogP contribution is 2.38. The van der Waals surface area contributed by atoms with Gasteiger partial charge in [-0.1, -0.05) is 18.2 Å². The summed E-state index contributed by atoms with van der Waals surface area (Å²) in [6.07, 6.45) is 2.54. The normalized spacial score (nSPS) is 15.8. The van der Waals surface area contributed by atoms with E-state index in [9.17, 15) is 14.4 Å². The Morgan fingerprint density at radius 3 is 2.22 bits per heavy atom. The molecule has 0 atom stereocenters. The van der Waals surface area contributed by atoms with E-state index in [0.717, 1.165) is 23.5 Å². The van der Waals surface area contributed by atoms with Crippen LogP contribution in [-0.4, -0.2) is 71.7 Å². The Bertz CT molecular complexity index is 1570. The molecule has 1 aromatic heterocycles. The first-order valence-electron chi connectivity index (χ1n) is 16.1. The van der Waals surface area contributed by atoms with E-state index in [2.05, 4.69) is 61.8 Å². The van der Waals surface area contributed by atoms with E-state index in [1.807, 2.05) is 15.9 Å². The summed E-state index contributed by atoms with van der Waals surface area (Å²) < 4.78 is 12.6. The van der Waals surface area contributed by atoms with Crippen LogP contribution in [0.1, 0.15) is 71.9 Å². The quantitative estimate of drug-likeness (QED) is 0.229. The van der Waals surface area contributed by atoms with Gasteiger partial charge in [0.2, 0.25) is 6.79 Å². The van der Waals surface area contributed by atoms with Crippen molar-refractivity contribution in [2.24, 2.45) is 11.3 Å². The minimum Gasteiger partial charge on any atom is -0.427 e. The van der Waals surface area contributed by atoms with E-state index in [1.54, 1.807) is 20.8 Å². The van der Waals surface area contributed by atoms with Gasteiger partial charge in [0.15, 0.2) is 0 Å². The van der Waals surface area contributed by atoms with Crippen LogP contribution in [0.15, 0.2) is 30.3 Å². The lowest BCUT2D eigenvalue weighted by Gasteiger charge is -2.34. The molecule has 1 saturated heterocycles. The molecule has 3 aromatic rings. The van der Waals surface area contributed by atoms with E-state index in [-0.39, 0.29) is 12.5 Å². The number of ether oxygens (including phenoxy) is 2. The number of piperazine rings is 1. The number of nitrogens with one attached hydrogen (secondary N) is 1. The van der Waals surface area contributed by atoms with Gasteiger partial charge in [-0.05, 0) is 102 Å². The summed E-state index contributed by atoms with van der Waals surface area (Å²) in [4.78, 5) is 42.0. The molecule has 0 spiro atoms. The Hall–Kier alpha value is -3.85. The van der Waals surface area contributed by atoms with Gasteiger partial charge in [0.1, 0.15) is 0 Å². The molecule has 0 unspecified atom stereocenters. The smallest absolute Gasteiger partial charge is 0.323 e. The Morgan fingerprint density at radius 2 is 1.60 bits per heavy atom. The monoisotopic (exact) mass is 616 g/mol. The van der Waals surface area contributed by atoms with Crippen LogP contribution in [-0.2, 0) is 32.2 Å². The molecule has 242 valence electrons. The molecule has 2 heterocycles. The summed E-state index contributed by atoms with van der Waals surface area (Å²) >= 11 is 0. The average Bonchev–Trinajstić information content (AvgIpc) is 3.78. The molecular formula is C36H48N4O5. The number of nitrogens with zero attached hydrogens (tertiary/aromatic N) is 3. The fraction of sp³-hybridized carbons (Fsp3) is 0.528. The van der Waals surface area contributed by atoms with Crippen molar-refractivity contribution >= 4 is 34.4 Å². The molecule has 1 N–H and O–H groups in total. The van der Waals surface area contributed by atoms with Crippen LogP contribution >= 0.6 is 0 Å². The molecule has 0 bridgehead atoms. The number of anilines is 1. The van der Waals surface area contributed by atoms with Crippen LogP contribution < -0.4 is 5.32 Å². The molecule has 9 nitrogen and oxygen atoms in total. The summed E-state index contributed by atoms with van der Waals surface area (Å²) in [7, 11) is 0. The summed E-state index contributed by atoms with van der Waals surface area (Å²) in [5.41, 5.74) is 8.43. The Kier molecular flexibility index (Phi) is 9.58. The van der Waals surface area contributed by atoms with Crippen LogP contribution in [0.5, 0.6) is 0 Å². The third kappa shape index (κ3) is 7.52. The number of rotatable bonds is 10. The molecule has 2 aliphatic rings. The van der Waals surface area contributed by atoms with E-state index < -0.39 is 24.1 Å². The van der Waals surface area contributed by atoms with Crippen molar-refractivity contribution < 1.29 is 23.9 Å². The molecule has 2 aromatic carbocycles. The van der Waals surface area contributed by atoms with Gasteiger partial charge < -0.3 is 24.3 Å². The first-order chi connectivity index (χ1) is 21.3. The number of fused-ring (bicyclic) bond motifs is 1. The first-order valence-corrected chi connectivity index (χ1v) is 16.1. The minimum atomic E-state index is -0.658. The van der Waals surface area contributed by atoms with Crippen LogP contribution in [0.3, 0.4) is 0 Å². The average molecular weight is 617 g/mol. The number of carbonyl (C=O) groups excluding carboxylic acids is 3. The number of amides is 1. The summed E-state index contributed by atoms with van der Waals surface area (Å²) in [5, 5.41) is 4.86. The number of hydrogen-bond acceptors (Lipinski definition) is 7. The molecule has 2 fully saturated rings. The van der Waals surface area contributed by atoms with Crippen molar-refractivity contribution in [3.05, 3.63) is 63.8 Å². The Morgan fingerprint density at radius 1 is 0.933 bits per heavy atom. The fourth-order valence-corrected chi connectivity index (χ4v) is 6.02. The lowest BCUT2D eigenvalue weighted by molar-refractivity contribution is -0.173. The van der Waals surface area contributed by atoms with Crippen molar-refractivity contribution in [3.8, 4) is 0 Å². The van der Waals surface area contributed by atoms with Gasteiger partial charge in [-0.25, -0.2) is 0 Å². The molecule has 1 saturated carbocycles. The fourth-order valence-electron chi connectivity index (χ4n) is 6.02. The van der Waals surface area contributed by atoms with Crippen molar-refractivity contribution in [2.45, 2.75) is 74.4 Å². The van der Waals surface area contributed by atoms with Gasteiger partial charge in [-0.15, -0.1) is 0 Å². The van der Waals surface area contributed by atoms with Crippen LogP contribution in [0.4, 0.5) is 5.69 Å². The lowest BCUT2D eigenvalue weighted by Crippen LogP contribution is -2.50. The second-order valence-electron chi connectivity index (χ2n) is 13.8. The van der Waals surface area contributed by atoms with Gasteiger partial charge in [-0.3, -0.25) is 19.3 Å². The second-order valence-corrected chi connectivity index (χ2v) is 13.8. The number of carbonyl (C=O) groups is 3. The van der Waals surface area contributed by atoms with Gasteiger partial charge in [-0.2, -0.15) is 0 Å². The molecule has 1 aliphatic heterocycles. The van der Waals surface area contributed by atoms with Crippen molar-refractivity contribution in [1.29, 1.82) is 0 Å². The maximum Gasteiger partial charge on any atom is 0.323 e. The minimum absolute atomic E-state index is 0.00432. The number of aromatic nitrogens is 1. The van der Waals surface area contributed by atoms with E-state index in [4.69, 9.17) is 9.47 Å². The number of esters is 2.